The molecule has 0 spiro atoms. The molecule has 0 saturated carbocycles. The molecule has 0 saturated heterocycles. The second-order valence-corrected chi connectivity index (χ2v) is 5.24. The van der Waals surface area contributed by atoms with Crippen molar-refractivity contribution in [1.82, 2.24) is 0 Å². The highest BCUT2D eigenvalue weighted by Gasteiger charge is 2.30. The van der Waals surface area contributed by atoms with Crippen LogP contribution in [0.4, 0.5) is 0 Å². The molecule has 2 heterocycles. The molecule has 18 heavy (non-hydrogen) atoms. The van der Waals surface area contributed by atoms with Crippen LogP contribution >= 0.6 is 0 Å². The molecule has 2 heteroatoms. The number of aromatic nitrogens is 1. The van der Waals surface area contributed by atoms with E-state index in [2.05, 4.69) is 60.4 Å². The molecule has 92 valence electrons. The number of pyridine rings is 1. The highest BCUT2D eigenvalue weighted by molar-refractivity contribution is 5.49. The van der Waals surface area contributed by atoms with Gasteiger partial charge in [-0.2, -0.15) is 4.24 Å². The molecule has 0 fully saturated rings. The van der Waals surface area contributed by atoms with E-state index < -0.39 is 0 Å². The lowest BCUT2D eigenvalue weighted by atomic mass is 9.86. The number of hydrogen-bond acceptors (Lipinski definition) is 0. The van der Waals surface area contributed by atoms with Gasteiger partial charge >= 0.3 is 0 Å². The Hall–Kier alpha value is -1.83. The van der Waals surface area contributed by atoms with Crippen LogP contribution in [0, 0.1) is 25.6 Å². The number of fused-ring (bicyclic) bond motifs is 2. The largest absolute Gasteiger partial charge is 0.290 e. The molecule has 1 aromatic heterocycles. The van der Waals surface area contributed by atoms with E-state index >= 15 is 0 Å². The Morgan fingerprint density at radius 1 is 1.33 bits per heavy atom. The third-order valence-corrected chi connectivity index (χ3v) is 4.13. The van der Waals surface area contributed by atoms with Crippen molar-refractivity contribution >= 4 is 12.4 Å². The van der Waals surface area contributed by atoms with Crippen LogP contribution in [0.5, 0.6) is 0 Å². The molecular formula is C16H19N2+. The van der Waals surface area contributed by atoms with Gasteiger partial charge in [0, 0.05) is 24.5 Å². The van der Waals surface area contributed by atoms with Gasteiger partial charge in [0.1, 0.15) is 6.72 Å². The molecule has 1 aliphatic heterocycles. The summed E-state index contributed by atoms with van der Waals surface area (Å²) in [5, 5.41) is 1.25. The first-order valence-corrected chi connectivity index (χ1v) is 6.44. The Morgan fingerprint density at radius 2 is 2.11 bits per heavy atom. The summed E-state index contributed by atoms with van der Waals surface area (Å²) in [4.78, 5) is 0. The summed E-state index contributed by atoms with van der Waals surface area (Å²) in [5.74, 6) is 0.480. The van der Waals surface area contributed by atoms with E-state index in [1.165, 1.54) is 34.8 Å². The molecule has 0 radical (unpaired) electrons. The first-order valence-electron chi connectivity index (χ1n) is 6.44. The van der Waals surface area contributed by atoms with E-state index in [4.69, 9.17) is 0 Å². The number of nitrogens with zero attached hydrogens (tertiary/aromatic N) is 2. The predicted molar refractivity (Wildman–Crippen MR) is 72.4 cm³/mol. The molecule has 1 atom stereocenters. The van der Waals surface area contributed by atoms with Gasteiger partial charge in [0.25, 0.3) is 0 Å². The van der Waals surface area contributed by atoms with Crippen molar-refractivity contribution in [3.63, 3.8) is 0 Å². The number of aryl methyl sites for hydroxylation is 2. The zero-order chi connectivity index (χ0) is 12.9. The van der Waals surface area contributed by atoms with Crippen molar-refractivity contribution in [3.05, 3.63) is 53.7 Å². The van der Waals surface area contributed by atoms with Crippen molar-refractivity contribution in [2.24, 2.45) is 5.92 Å². The molecular weight excluding hydrogens is 220 g/mol. The minimum Gasteiger partial charge on any atom is -0.290 e. The van der Waals surface area contributed by atoms with Crippen LogP contribution in [0.1, 0.15) is 24.6 Å². The first kappa shape index (κ1) is 11.3. The van der Waals surface area contributed by atoms with Crippen molar-refractivity contribution in [1.29, 1.82) is 0 Å². The van der Waals surface area contributed by atoms with Gasteiger partial charge in [-0.1, -0.05) is 6.08 Å². The van der Waals surface area contributed by atoms with Crippen molar-refractivity contribution in [2.75, 3.05) is 0 Å². The summed E-state index contributed by atoms with van der Waals surface area (Å²) in [6.45, 7) is 12.6. The van der Waals surface area contributed by atoms with Gasteiger partial charge in [0.15, 0.2) is 11.4 Å². The lowest BCUT2D eigenvalue weighted by Gasteiger charge is -2.29. The fourth-order valence-electron chi connectivity index (χ4n) is 2.92. The molecule has 1 aliphatic carbocycles. The van der Waals surface area contributed by atoms with Crippen LogP contribution in [-0.4, -0.2) is 11.3 Å². The Bertz CT molecular complexity index is 667. The zero-order valence-electron chi connectivity index (χ0n) is 11.1. The summed E-state index contributed by atoms with van der Waals surface area (Å²) in [7, 11) is 0. The van der Waals surface area contributed by atoms with Crippen LogP contribution in [0.3, 0.4) is 0 Å². The van der Waals surface area contributed by atoms with Gasteiger partial charge in [-0.05, 0) is 25.8 Å². The molecule has 0 bridgehead atoms. The van der Waals surface area contributed by atoms with E-state index in [9.17, 15) is 0 Å². The van der Waals surface area contributed by atoms with Crippen LogP contribution in [-0.2, 0) is 6.42 Å². The third-order valence-electron chi connectivity index (χ3n) is 4.13. The van der Waals surface area contributed by atoms with E-state index in [1.54, 1.807) is 0 Å². The third kappa shape index (κ3) is 1.45. The van der Waals surface area contributed by atoms with Crippen molar-refractivity contribution < 1.29 is 8.82 Å². The molecule has 3 rings (SSSR count). The average Bonchev–Trinajstić information content (AvgIpc) is 2.38. The van der Waals surface area contributed by atoms with E-state index in [1.807, 2.05) is 0 Å². The summed E-state index contributed by atoms with van der Waals surface area (Å²) >= 11 is 0. The Labute approximate surface area is 108 Å². The predicted octanol–water partition coefficient (Wildman–Crippen LogP) is 1.43. The maximum absolute atomic E-state index is 4.20. The Kier molecular flexibility index (Phi) is 2.40. The summed E-state index contributed by atoms with van der Waals surface area (Å²) in [6.07, 6.45) is 6.77. The molecule has 2 nitrogen and oxygen atoms in total. The molecule has 0 amide bonds. The van der Waals surface area contributed by atoms with Crippen LogP contribution in [0.2, 0.25) is 0 Å². The maximum Gasteiger partial charge on any atom is 0.239 e. The quantitative estimate of drug-likeness (QED) is 0.478. The maximum atomic E-state index is 4.20. The van der Waals surface area contributed by atoms with E-state index in [-0.39, 0.29) is 0 Å². The Morgan fingerprint density at radius 3 is 2.89 bits per heavy atom. The molecule has 1 unspecified atom stereocenters. The molecule has 0 aromatic carbocycles. The fraction of sp³-hybridized carbons (Fsp3) is 0.312. The first-order chi connectivity index (χ1) is 8.59. The SMILES string of the molecule is C=[N+]1C2=c3c(ccc(C)[n+]3=C)CCC2C=C[C-]1C. The van der Waals surface area contributed by atoms with Crippen molar-refractivity contribution in [3.8, 4) is 0 Å². The lowest BCUT2D eigenvalue weighted by Crippen LogP contribution is -2.48. The smallest absolute Gasteiger partial charge is 0.239 e. The highest BCUT2D eigenvalue weighted by atomic mass is 15.1. The normalized spacial score (nSPS) is 21.9. The molecule has 2 aliphatic rings. The fourth-order valence-corrected chi connectivity index (χ4v) is 2.92. The lowest BCUT2D eigenvalue weighted by molar-refractivity contribution is -0.531. The van der Waals surface area contributed by atoms with Gasteiger partial charge in [0.2, 0.25) is 5.35 Å². The van der Waals surface area contributed by atoms with Gasteiger partial charge in [-0.15, -0.1) is 6.08 Å². The minimum atomic E-state index is 0.480. The topological polar surface area (TPSA) is 8.91 Å². The summed E-state index contributed by atoms with van der Waals surface area (Å²) in [6, 6.07) is 5.57. The van der Waals surface area contributed by atoms with Crippen molar-refractivity contribution in [2.45, 2.75) is 26.7 Å². The number of hydrogen-bond donors (Lipinski definition) is 0. The second kappa shape index (κ2) is 3.84. The second-order valence-electron chi connectivity index (χ2n) is 5.24. The standard InChI is InChI=1S/C16H19N2/c1-11-5-7-13-9-10-14-8-6-12(2)18(4)16(14)15(13)17(11)3/h5-8,13H,3-4,9-10H2,1-2H3/q+1. The van der Waals surface area contributed by atoms with Crippen LogP contribution in [0.25, 0.3) is 5.70 Å². The zero-order valence-corrected chi connectivity index (χ0v) is 11.1. The van der Waals surface area contributed by atoms with Gasteiger partial charge in [-0.3, -0.25) is 4.58 Å². The summed E-state index contributed by atoms with van der Waals surface area (Å²) < 4.78 is 4.13. The van der Waals surface area contributed by atoms with Gasteiger partial charge < -0.3 is 0 Å². The van der Waals surface area contributed by atoms with Gasteiger partial charge in [-0.25, -0.2) is 0 Å². The Balaban J connectivity index is 2.44. The monoisotopic (exact) mass is 239 g/mol. The molecule has 0 N–H and O–H groups in total. The van der Waals surface area contributed by atoms with E-state index in [0.29, 0.717) is 5.92 Å². The van der Waals surface area contributed by atoms with Crippen LogP contribution in [0.15, 0.2) is 24.3 Å². The molecule has 1 aromatic rings. The minimum absolute atomic E-state index is 0.480. The van der Waals surface area contributed by atoms with E-state index in [0.717, 1.165) is 6.42 Å². The van der Waals surface area contributed by atoms with Crippen LogP contribution < -0.4 is 9.59 Å². The van der Waals surface area contributed by atoms with Gasteiger partial charge in [0.05, 0.1) is 12.8 Å². The average molecular weight is 239 g/mol. The highest BCUT2D eigenvalue weighted by Crippen LogP contribution is 2.30. The number of rotatable bonds is 0. The summed E-state index contributed by atoms with van der Waals surface area (Å²) in [5.41, 5.74) is 3.87.